The van der Waals surface area contributed by atoms with Crippen LogP contribution in [0.3, 0.4) is 0 Å². The van der Waals surface area contributed by atoms with Gasteiger partial charge in [-0.3, -0.25) is 9.69 Å². The fraction of sp³-hybridized carbons (Fsp3) is 0.375. The van der Waals surface area contributed by atoms with E-state index in [2.05, 4.69) is 22.1 Å². The Balaban J connectivity index is 1.71. The first-order valence-electron chi connectivity index (χ1n) is 7.36. The van der Waals surface area contributed by atoms with Crippen molar-refractivity contribution in [2.24, 2.45) is 5.73 Å². The molecule has 2 N–H and O–H groups in total. The number of aromatic nitrogens is 2. The van der Waals surface area contributed by atoms with E-state index in [1.165, 1.54) is 5.56 Å². The molecule has 0 spiro atoms. The molecule has 1 aliphatic rings. The van der Waals surface area contributed by atoms with Crippen LogP contribution in [0.1, 0.15) is 24.8 Å². The normalized spacial score (nSPS) is 19.5. The van der Waals surface area contributed by atoms with Crippen LogP contribution in [-0.2, 0) is 11.3 Å². The lowest BCUT2D eigenvalue weighted by Crippen LogP contribution is -2.47. The van der Waals surface area contributed by atoms with Crippen molar-refractivity contribution in [3.05, 3.63) is 48.3 Å². The average molecular weight is 284 g/mol. The quantitative estimate of drug-likeness (QED) is 0.929. The van der Waals surface area contributed by atoms with Crippen molar-refractivity contribution in [3.8, 4) is 5.69 Å². The van der Waals surface area contributed by atoms with Gasteiger partial charge in [-0.15, -0.1) is 0 Å². The Morgan fingerprint density at radius 1 is 1.29 bits per heavy atom. The molecule has 21 heavy (non-hydrogen) atoms. The van der Waals surface area contributed by atoms with Crippen molar-refractivity contribution in [2.75, 3.05) is 6.54 Å². The molecule has 0 bridgehead atoms. The summed E-state index contributed by atoms with van der Waals surface area (Å²) in [4.78, 5) is 13.7. The first kappa shape index (κ1) is 13.8. The number of hydrogen-bond acceptors (Lipinski definition) is 3. The van der Waals surface area contributed by atoms with E-state index in [0.29, 0.717) is 0 Å². The van der Waals surface area contributed by atoms with Gasteiger partial charge in [-0.05, 0) is 43.1 Å². The van der Waals surface area contributed by atoms with Crippen LogP contribution in [0.15, 0.2) is 42.7 Å². The first-order chi connectivity index (χ1) is 10.2. The van der Waals surface area contributed by atoms with Gasteiger partial charge in [0, 0.05) is 18.9 Å². The summed E-state index contributed by atoms with van der Waals surface area (Å²) in [7, 11) is 0. The van der Waals surface area contributed by atoms with E-state index in [9.17, 15) is 4.79 Å². The predicted octanol–water partition coefficient (Wildman–Crippen LogP) is 1.71. The molecule has 1 aromatic heterocycles. The van der Waals surface area contributed by atoms with E-state index in [4.69, 9.17) is 5.73 Å². The molecule has 1 saturated heterocycles. The molecule has 1 unspecified atom stereocenters. The number of hydrogen-bond donors (Lipinski definition) is 1. The smallest absolute Gasteiger partial charge is 0.234 e. The number of carbonyl (C=O) groups is 1. The van der Waals surface area contributed by atoms with Crippen molar-refractivity contribution in [1.82, 2.24) is 14.7 Å². The van der Waals surface area contributed by atoms with E-state index < -0.39 is 0 Å². The Bertz CT molecular complexity index is 591. The van der Waals surface area contributed by atoms with Gasteiger partial charge in [-0.2, -0.15) is 5.10 Å². The third-order valence-electron chi connectivity index (χ3n) is 4.03. The minimum Gasteiger partial charge on any atom is -0.368 e. The van der Waals surface area contributed by atoms with Crippen LogP contribution >= 0.6 is 0 Å². The predicted molar refractivity (Wildman–Crippen MR) is 80.8 cm³/mol. The number of likely N-dealkylation sites (tertiary alicyclic amines) is 1. The second kappa shape index (κ2) is 6.10. The van der Waals surface area contributed by atoms with Gasteiger partial charge < -0.3 is 5.73 Å². The Morgan fingerprint density at radius 2 is 2.10 bits per heavy atom. The van der Waals surface area contributed by atoms with Gasteiger partial charge in [0.1, 0.15) is 0 Å². The maximum absolute atomic E-state index is 11.5. The maximum atomic E-state index is 11.5. The number of nitrogens with zero attached hydrogens (tertiary/aromatic N) is 3. The molecule has 1 amide bonds. The number of rotatable bonds is 4. The number of nitrogens with two attached hydrogens (primary N) is 1. The summed E-state index contributed by atoms with van der Waals surface area (Å²) in [5.74, 6) is -0.206. The fourth-order valence-electron chi connectivity index (χ4n) is 2.91. The van der Waals surface area contributed by atoms with Gasteiger partial charge >= 0.3 is 0 Å². The Hall–Kier alpha value is -2.14. The summed E-state index contributed by atoms with van der Waals surface area (Å²) in [5.41, 5.74) is 7.74. The van der Waals surface area contributed by atoms with Gasteiger partial charge in [-0.1, -0.05) is 18.6 Å². The molecule has 1 fully saturated rings. The summed E-state index contributed by atoms with van der Waals surface area (Å²) >= 11 is 0. The molecule has 0 saturated carbocycles. The molecule has 1 atom stereocenters. The standard InChI is InChI=1S/C16H20N4O/c17-16(21)15-4-1-2-10-19(15)12-13-5-7-14(8-6-13)20-11-3-9-18-20/h3,5-9,11,15H,1-2,4,10,12H2,(H2,17,21). The van der Waals surface area contributed by atoms with Crippen molar-refractivity contribution >= 4 is 5.91 Å². The van der Waals surface area contributed by atoms with E-state index in [1.807, 2.05) is 29.1 Å². The summed E-state index contributed by atoms with van der Waals surface area (Å²) in [5, 5.41) is 4.21. The lowest BCUT2D eigenvalue weighted by molar-refractivity contribution is -0.124. The molecule has 5 heteroatoms. The van der Waals surface area contributed by atoms with Crippen molar-refractivity contribution in [2.45, 2.75) is 31.8 Å². The van der Waals surface area contributed by atoms with E-state index in [-0.39, 0.29) is 11.9 Å². The topological polar surface area (TPSA) is 64.2 Å². The van der Waals surface area contributed by atoms with E-state index in [1.54, 1.807) is 6.20 Å². The monoisotopic (exact) mass is 284 g/mol. The average Bonchev–Trinajstić information content (AvgIpc) is 3.03. The van der Waals surface area contributed by atoms with Crippen molar-refractivity contribution in [1.29, 1.82) is 0 Å². The number of benzene rings is 1. The fourth-order valence-corrected chi connectivity index (χ4v) is 2.91. The molecular weight excluding hydrogens is 264 g/mol. The van der Waals surface area contributed by atoms with Crippen molar-refractivity contribution in [3.63, 3.8) is 0 Å². The highest BCUT2D eigenvalue weighted by Crippen LogP contribution is 2.20. The van der Waals surface area contributed by atoms with E-state index in [0.717, 1.165) is 38.0 Å². The van der Waals surface area contributed by atoms with Crippen LogP contribution in [0, 0.1) is 0 Å². The largest absolute Gasteiger partial charge is 0.368 e. The Morgan fingerprint density at radius 3 is 2.76 bits per heavy atom. The molecule has 5 nitrogen and oxygen atoms in total. The zero-order valence-electron chi connectivity index (χ0n) is 12.0. The zero-order chi connectivity index (χ0) is 14.7. The minimum absolute atomic E-state index is 0.121. The third kappa shape index (κ3) is 3.13. The summed E-state index contributed by atoms with van der Waals surface area (Å²) < 4.78 is 1.83. The maximum Gasteiger partial charge on any atom is 0.234 e. The lowest BCUT2D eigenvalue weighted by Gasteiger charge is -2.33. The Kier molecular flexibility index (Phi) is 4.01. The number of primary amides is 1. The molecular formula is C16H20N4O. The van der Waals surface area contributed by atoms with Gasteiger partial charge in [0.25, 0.3) is 0 Å². The molecule has 0 radical (unpaired) electrons. The minimum atomic E-state index is -0.206. The van der Waals surface area contributed by atoms with Crippen LogP contribution in [0.2, 0.25) is 0 Å². The third-order valence-corrected chi connectivity index (χ3v) is 4.03. The molecule has 3 rings (SSSR count). The SMILES string of the molecule is NC(=O)C1CCCCN1Cc1ccc(-n2cccn2)cc1. The second-order valence-electron chi connectivity index (χ2n) is 5.50. The molecule has 110 valence electrons. The van der Waals surface area contributed by atoms with E-state index >= 15 is 0 Å². The second-order valence-corrected chi connectivity index (χ2v) is 5.50. The molecule has 1 aromatic carbocycles. The van der Waals surface area contributed by atoms with Gasteiger partial charge in [0.2, 0.25) is 5.91 Å². The van der Waals surface area contributed by atoms with Crippen LogP contribution in [0.5, 0.6) is 0 Å². The molecule has 2 heterocycles. The lowest BCUT2D eigenvalue weighted by atomic mass is 10.0. The van der Waals surface area contributed by atoms with Crippen LogP contribution < -0.4 is 5.73 Å². The van der Waals surface area contributed by atoms with Gasteiger partial charge in [0.05, 0.1) is 11.7 Å². The van der Waals surface area contributed by atoms with Crippen molar-refractivity contribution < 1.29 is 4.79 Å². The number of amides is 1. The number of piperidine rings is 1. The summed E-state index contributed by atoms with van der Waals surface area (Å²) in [6, 6.07) is 10.0. The van der Waals surface area contributed by atoms with Crippen LogP contribution in [-0.4, -0.2) is 33.2 Å². The Labute approximate surface area is 124 Å². The van der Waals surface area contributed by atoms with Crippen LogP contribution in [0.4, 0.5) is 0 Å². The molecule has 0 aliphatic carbocycles. The van der Waals surface area contributed by atoms with Crippen LogP contribution in [0.25, 0.3) is 5.69 Å². The van der Waals surface area contributed by atoms with Gasteiger partial charge in [0.15, 0.2) is 0 Å². The zero-order valence-corrected chi connectivity index (χ0v) is 12.0. The summed E-state index contributed by atoms with van der Waals surface area (Å²) in [6.45, 7) is 1.71. The highest BCUT2D eigenvalue weighted by molar-refractivity contribution is 5.79. The van der Waals surface area contributed by atoms with Gasteiger partial charge in [-0.25, -0.2) is 4.68 Å². The highest BCUT2D eigenvalue weighted by Gasteiger charge is 2.26. The first-order valence-corrected chi connectivity index (χ1v) is 7.36. The highest BCUT2D eigenvalue weighted by atomic mass is 16.1. The molecule has 2 aromatic rings. The summed E-state index contributed by atoms with van der Waals surface area (Å²) in [6.07, 6.45) is 6.78. The molecule has 1 aliphatic heterocycles. The number of carbonyl (C=O) groups excluding carboxylic acids is 1.